The summed E-state index contributed by atoms with van der Waals surface area (Å²) in [6.45, 7) is 3.05. The summed E-state index contributed by atoms with van der Waals surface area (Å²) in [5.74, 6) is 0.253. The van der Waals surface area contributed by atoms with Crippen molar-refractivity contribution in [2.45, 2.75) is 32.1 Å². The summed E-state index contributed by atoms with van der Waals surface area (Å²) < 4.78 is 0.938. The molecule has 0 aliphatic carbocycles. The second kappa shape index (κ2) is 7.72. The molecule has 0 radical (unpaired) electrons. The van der Waals surface area contributed by atoms with Crippen LogP contribution in [0.4, 0.5) is 17.2 Å². The quantitative estimate of drug-likeness (QED) is 0.827. The molecule has 4 rings (SSSR count). The number of anilines is 3. The first-order valence-electron chi connectivity index (χ1n) is 10.1. The predicted molar refractivity (Wildman–Crippen MR) is 110 cm³/mol. The molecule has 3 heterocycles. The fourth-order valence-electron chi connectivity index (χ4n) is 4.24. The number of pyridine rings is 1. The largest absolute Gasteiger partial charge is 0.326 e. The third kappa shape index (κ3) is 3.64. The van der Waals surface area contributed by atoms with Gasteiger partial charge in [-0.25, -0.2) is 4.98 Å². The first-order chi connectivity index (χ1) is 13.6. The van der Waals surface area contributed by atoms with Crippen LogP contribution in [0.2, 0.25) is 0 Å². The predicted octanol–water partition coefficient (Wildman–Crippen LogP) is 3.72. The Balaban J connectivity index is 1.65. The lowest BCUT2D eigenvalue weighted by Gasteiger charge is -2.34. The van der Waals surface area contributed by atoms with E-state index >= 15 is 0 Å². The smallest absolute Gasteiger partial charge is 0.257 e. The van der Waals surface area contributed by atoms with Gasteiger partial charge in [-0.15, -0.1) is 0 Å². The van der Waals surface area contributed by atoms with Crippen molar-refractivity contribution >= 4 is 29.0 Å². The van der Waals surface area contributed by atoms with Gasteiger partial charge in [-0.3, -0.25) is 14.5 Å². The Morgan fingerprint density at radius 3 is 2.64 bits per heavy atom. The third-order valence-corrected chi connectivity index (χ3v) is 5.90. The van der Waals surface area contributed by atoms with E-state index in [1.807, 2.05) is 18.2 Å². The van der Waals surface area contributed by atoms with E-state index in [2.05, 4.69) is 17.3 Å². The van der Waals surface area contributed by atoms with Crippen LogP contribution in [0.3, 0.4) is 0 Å². The van der Waals surface area contributed by atoms with Gasteiger partial charge < -0.3 is 9.80 Å². The zero-order chi connectivity index (χ0) is 19.6. The number of carbonyl (C=O) groups is 2. The van der Waals surface area contributed by atoms with E-state index < -0.39 is 0 Å². The number of quaternary nitrogens is 1. The lowest BCUT2D eigenvalue weighted by atomic mass is 10.1. The van der Waals surface area contributed by atoms with E-state index in [-0.39, 0.29) is 11.8 Å². The fraction of sp³-hybridized carbons (Fsp3) is 0.409. The lowest BCUT2D eigenvalue weighted by Crippen LogP contribution is -2.47. The molecule has 146 valence electrons. The normalized spacial score (nSPS) is 18.3. The average Bonchev–Trinajstić information content (AvgIpc) is 2.99. The fourth-order valence-corrected chi connectivity index (χ4v) is 4.24. The molecule has 6 nitrogen and oxygen atoms in total. The number of hydrogen-bond acceptors (Lipinski definition) is 3. The molecule has 1 aromatic heterocycles. The van der Waals surface area contributed by atoms with E-state index in [1.165, 1.54) is 25.7 Å². The van der Waals surface area contributed by atoms with Crippen molar-refractivity contribution in [2.75, 3.05) is 36.9 Å². The van der Waals surface area contributed by atoms with Crippen LogP contribution in [0.15, 0.2) is 42.6 Å². The molecule has 1 aromatic carbocycles. The van der Waals surface area contributed by atoms with Crippen LogP contribution in [-0.2, 0) is 4.79 Å². The minimum atomic E-state index is -0.216. The second-order valence-corrected chi connectivity index (χ2v) is 8.03. The van der Waals surface area contributed by atoms with Gasteiger partial charge in [-0.1, -0.05) is 12.1 Å². The Bertz CT molecular complexity index is 888. The Kier molecular flexibility index (Phi) is 5.13. The molecule has 1 saturated heterocycles. The summed E-state index contributed by atoms with van der Waals surface area (Å²) in [6.07, 6.45) is 7.09. The highest BCUT2D eigenvalue weighted by molar-refractivity contribution is 6.17. The van der Waals surface area contributed by atoms with E-state index in [0.717, 1.165) is 24.1 Å². The monoisotopic (exact) mass is 379 g/mol. The third-order valence-electron chi connectivity index (χ3n) is 5.90. The number of aromatic nitrogens is 1. The maximum Gasteiger partial charge on any atom is 0.257 e. The van der Waals surface area contributed by atoms with Crippen molar-refractivity contribution in [3.8, 4) is 0 Å². The van der Waals surface area contributed by atoms with Crippen LogP contribution in [0, 0.1) is 0 Å². The number of carbonyl (C=O) groups excluding carboxylic acids is 2. The molecular weight excluding hydrogens is 352 g/mol. The van der Waals surface area contributed by atoms with E-state index in [0.29, 0.717) is 29.2 Å². The molecule has 0 bridgehead atoms. The number of amides is 2. The number of para-hydroxylation sites is 1. The zero-order valence-electron chi connectivity index (χ0n) is 16.4. The van der Waals surface area contributed by atoms with Crippen molar-refractivity contribution < 1.29 is 14.1 Å². The molecule has 6 heteroatoms. The minimum absolute atomic E-state index is 0.0208. The summed E-state index contributed by atoms with van der Waals surface area (Å²) in [7, 11) is 2.26. The van der Waals surface area contributed by atoms with Gasteiger partial charge in [0.2, 0.25) is 5.91 Å². The molecule has 0 spiro atoms. The minimum Gasteiger partial charge on any atom is -0.326 e. The maximum atomic E-state index is 13.4. The topological polar surface area (TPSA) is 62.3 Å². The molecule has 2 aliphatic rings. The van der Waals surface area contributed by atoms with Gasteiger partial charge >= 0.3 is 0 Å². The van der Waals surface area contributed by atoms with Crippen molar-refractivity contribution in [3.63, 3.8) is 0 Å². The SMILES string of the molecule is C[N+]1(CCC(=O)N2c3ccccc3C(=O)Nc3cccnc32)CCCCCC1. The molecule has 0 saturated carbocycles. The highest BCUT2D eigenvalue weighted by Gasteiger charge is 2.32. The first kappa shape index (κ1) is 18.6. The molecule has 0 atom stereocenters. The Morgan fingerprint density at radius 2 is 1.86 bits per heavy atom. The number of hydrogen-bond donors (Lipinski definition) is 1. The van der Waals surface area contributed by atoms with Gasteiger partial charge in [0.15, 0.2) is 5.82 Å². The van der Waals surface area contributed by atoms with E-state index in [4.69, 9.17) is 0 Å². The standard InChI is InChI=1S/C22H26N4O2/c1-26(14-6-2-3-7-15-26)16-12-20(27)25-19-11-5-4-9-17(19)22(28)24-18-10-8-13-23-21(18)25/h4-5,8-11,13H,2-3,6-7,12,14-16H2,1H3/p+1. The van der Waals surface area contributed by atoms with Crippen LogP contribution in [0.5, 0.6) is 0 Å². The van der Waals surface area contributed by atoms with Crippen LogP contribution in [0.1, 0.15) is 42.5 Å². The number of benzene rings is 1. The number of nitrogens with one attached hydrogen (secondary N) is 1. The van der Waals surface area contributed by atoms with Gasteiger partial charge in [0.1, 0.15) is 0 Å². The highest BCUT2D eigenvalue weighted by Crippen LogP contribution is 2.36. The van der Waals surface area contributed by atoms with Gasteiger partial charge in [0.05, 0.1) is 50.0 Å². The maximum absolute atomic E-state index is 13.4. The molecule has 28 heavy (non-hydrogen) atoms. The average molecular weight is 379 g/mol. The first-order valence-corrected chi connectivity index (χ1v) is 10.1. The van der Waals surface area contributed by atoms with Gasteiger partial charge in [0.25, 0.3) is 5.91 Å². The van der Waals surface area contributed by atoms with Crippen molar-refractivity contribution in [1.29, 1.82) is 0 Å². The Hall–Kier alpha value is -2.73. The number of fused-ring (bicyclic) bond motifs is 2. The summed E-state index contributed by atoms with van der Waals surface area (Å²) >= 11 is 0. The molecule has 2 amide bonds. The molecule has 2 aromatic rings. The number of likely N-dealkylation sites (tertiary alicyclic amines) is 1. The van der Waals surface area contributed by atoms with E-state index in [9.17, 15) is 9.59 Å². The molecule has 1 N–H and O–H groups in total. The Morgan fingerprint density at radius 1 is 1.11 bits per heavy atom. The van der Waals surface area contributed by atoms with Gasteiger partial charge in [0, 0.05) is 6.20 Å². The molecular formula is C22H27N4O2+. The molecule has 1 fully saturated rings. The van der Waals surface area contributed by atoms with Gasteiger partial charge in [-0.05, 0) is 49.9 Å². The van der Waals surface area contributed by atoms with Crippen LogP contribution < -0.4 is 10.2 Å². The van der Waals surface area contributed by atoms with Crippen molar-refractivity contribution in [1.82, 2.24) is 4.98 Å². The number of nitrogens with zero attached hydrogens (tertiary/aromatic N) is 3. The molecule has 2 aliphatic heterocycles. The van der Waals surface area contributed by atoms with Crippen molar-refractivity contribution in [2.24, 2.45) is 0 Å². The van der Waals surface area contributed by atoms with Crippen molar-refractivity contribution in [3.05, 3.63) is 48.2 Å². The van der Waals surface area contributed by atoms with E-state index in [1.54, 1.807) is 29.3 Å². The van der Waals surface area contributed by atoms with Gasteiger partial charge in [-0.2, -0.15) is 0 Å². The highest BCUT2D eigenvalue weighted by atomic mass is 16.2. The summed E-state index contributed by atoms with van der Waals surface area (Å²) in [5, 5.41) is 2.89. The van der Waals surface area contributed by atoms with Crippen LogP contribution >= 0.6 is 0 Å². The Labute approximate surface area is 165 Å². The summed E-state index contributed by atoms with van der Waals surface area (Å²) in [4.78, 5) is 32.1. The lowest BCUT2D eigenvalue weighted by molar-refractivity contribution is -0.908. The summed E-state index contributed by atoms with van der Waals surface area (Å²) in [6, 6.07) is 10.8. The molecule has 0 unspecified atom stereocenters. The zero-order valence-corrected chi connectivity index (χ0v) is 16.4. The van der Waals surface area contributed by atoms with Crippen LogP contribution in [0.25, 0.3) is 0 Å². The second-order valence-electron chi connectivity index (χ2n) is 8.03. The van der Waals surface area contributed by atoms with Crippen LogP contribution in [-0.4, -0.2) is 48.0 Å². The summed E-state index contributed by atoms with van der Waals surface area (Å²) in [5.41, 5.74) is 1.65. The number of rotatable bonds is 3.